The second-order valence-corrected chi connectivity index (χ2v) is 11.4. The molecule has 1 aliphatic carbocycles. The summed E-state index contributed by atoms with van der Waals surface area (Å²) in [5.74, 6) is -0.503. The predicted octanol–water partition coefficient (Wildman–Crippen LogP) is 4.06. The van der Waals surface area contributed by atoms with Crippen LogP contribution in [0.1, 0.15) is 44.7 Å². The summed E-state index contributed by atoms with van der Waals surface area (Å²) in [6.07, 6.45) is 0.178. The van der Waals surface area contributed by atoms with E-state index in [0.717, 1.165) is 17.5 Å². The smallest absolute Gasteiger partial charge is 0.408 e. The highest BCUT2D eigenvalue weighted by Crippen LogP contribution is 2.57. The molecule has 6 nitrogen and oxygen atoms in total. The standard InChI is InChI=1S/C23H29ClN2O4S/c1-5-15-6-8-16(9-7-15)19-20(31(28,29)18-12-10-17(24)11-13-18)23(19,14-25)26-21(27)30-22(2,3)4/h6-13,19-20H,5,14,25H2,1-4H3,(H,26,27)/t19-,20-,23+/m1/s1. The van der Waals surface area contributed by atoms with Crippen LogP contribution in [0.25, 0.3) is 0 Å². The molecule has 1 saturated carbocycles. The molecule has 0 aromatic heterocycles. The van der Waals surface area contributed by atoms with Crippen molar-refractivity contribution in [2.75, 3.05) is 6.54 Å². The van der Waals surface area contributed by atoms with E-state index < -0.39 is 38.2 Å². The number of alkyl carbamates (subject to hydrolysis) is 1. The Bertz CT molecular complexity index is 1050. The fourth-order valence-electron chi connectivity index (χ4n) is 4.00. The molecule has 0 aliphatic heterocycles. The summed E-state index contributed by atoms with van der Waals surface area (Å²) in [7, 11) is -3.81. The molecule has 0 spiro atoms. The maximum absolute atomic E-state index is 13.6. The Balaban J connectivity index is 2.03. The van der Waals surface area contributed by atoms with Gasteiger partial charge in [0.15, 0.2) is 9.84 Å². The van der Waals surface area contributed by atoms with Gasteiger partial charge in [-0.25, -0.2) is 13.2 Å². The largest absolute Gasteiger partial charge is 0.444 e. The lowest BCUT2D eigenvalue weighted by Crippen LogP contribution is -2.49. The first-order chi connectivity index (χ1) is 14.4. The van der Waals surface area contributed by atoms with Crippen LogP contribution in [0.2, 0.25) is 5.02 Å². The second kappa shape index (κ2) is 8.45. The number of amides is 1. The highest BCUT2D eigenvalue weighted by Gasteiger charge is 2.71. The maximum atomic E-state index is 13.6. The van der Waals surface area contributed by atoms with Crippen molar-refractivity contribution in [3.8, 4) is 0 Å². The summed E-state index contributed by atoms with van der Waals surface area (Å²) in [6, 6.07) is 13.8. The Morgan fingerprint density at radius 1 is 1.13 bits per heavy atom. The molecule has 1 amide bonds. The van der Waals surface area contributed by atoms with Crippen LogP contribution in [0.15, 0.2) is 53.4 Å². The molecule has 0 heterocycles. The number of rotatable bonds is 6. The average Bonchev–Trinajstić information content (AvgIpc) is 3.36. The summed E-state index contributed by atoms with van der Waals surface area (Å²) in [5, 5.41) is 2.31. The first-order valence-electron chi connectivity index (χ1n) is 10.2. The molecular formula is C23H29ClN2O4S. The summed E-state index contributed by atoms with van der Waals surface area (Å²) in [6.45, 7) is 7.24. The first-order valence-corrected chi connectivity index (χ1v) is 12.2. The summed E-state index contributed by atoms with van der Waals surface area (Å²) in [4.78, 5) is 12.7. The number of aryl methyl sites for hydroxylation is 1. The Hall–Kier alpha value is -2.09. The summed E-state index contributed by atoms with van der Waals surface area (Å²) >= 11 is 5.94. The molecule has 168 valence electrons. The molecule has 3 N–H and O–H groups in total. The molecule has 0 saturated heterocycles. The Kier molecular flexibility index (Phi) is 6.42. The molecule has 2 aromatic rings. The number of benzene rings is 2. The van der Waals surface area contributed by atoms with Crippen LogP contribution in [0.5, 0.6) is 0 Å². The van der Waals surface area contributed by atoms with Gasteiger partial charge in [-0.3, -0.25) is 0 Å². The van der Waals surface area contributed by atoms with E-state index >= 15 is 0 Å². The molecule has 3 rings (SSSR count). The first kappa shape index (κ1) is 23.6. The molecule has 0 radical (unpaired) electrons. The molecule has 31 heavy (non-hydrogen) atoms. The third kappa shape index (κ3) is 4.73. The molecule has 1 aliphatic rings. The van der Waals surface area contributed by atoms with Crippen LogP contribution in [-0.4, -0.2) is 37.4 Å². The Morgan fingerprint density at radius 2 is 1.71 bits per heavy atom. The number of halogens is 1. The maximum Gasteiger partial charge on any atom is 0.408 e. The van der Waals surface area contributed by atoms with Crippen LogP contribution < -0.4 is 11.1 Å². The third-order valence-electron chi connectivity index (χ3n) is 5.55. The lowest BCUT2D eigenvalue weighted by molar-refractivity contribution is 0.0497. The van der Waals surface area contributed by atoms with Gasteiger partial charge in [0.25, 0.3) is 0 Å². The lowest BCUT2D eigenvalue weighted by Gasteiger charge is -2.24. The zero-order chi connectivity index (χ0) is 23.0. The molecule has 3 atom stereocenters. The van der Waals surface area contributed by atoms with E-state index in [-0.39, 0.29) is 11.4 Å². The number of carbonyl (C=O) groups is 1. The SMILES string of the molecule is CCc1ccc([C@@H]2[C@@H](S(=O)(=O)c3ccc(Cl)cc3)[C@@]2(CN)NC(=O)OC(C)(C)C)cc1. The van der Waals surface area contributed by atoms with E-state index in [9.17, 15) is 13.2 Å². The number of nitrogens with two attached hydrogens (primary N) is 1. The zero-order valence-corrected chi connectivity index (χ0v) is 19.8. The van der Waals surface area contributed by atoms with Crippen molar-refractivity contribution < 1.29 is 17.9 Å². The van der Waals surface area contributed by atoms with Gasteiger partial charge >= 0.3 is 6.09 Å². The van der Waals surface area contributed by atoms with Crippen LogP contribution >= 0.6 is 11.6 Å². The lowest BCUT2D eigenvalue weighted by atomic mass is 10.0. The van der Waals surface area contributed by atoms with Crippen LogP contribution in [0.4, 0.5) is 4.79 Å². The van der Waals surface area contributed by atoms with Crippen molar-refractivity contribution in [2.45, 2.75) is 61.3 Å². The van der Waals surface area contributed by atoms with Crippen LogP contribution in [0.3, 0.4) is 0 Å². The van der Waals surface area contributed by atoms with Crippen molar-refractivity contribution >= 4 is 27.5 Å². The fraction of sp³-hybridized carbons (Fsp3) is 0.435. The zero-order valence-electron chi connectivity index (χ0n) is 18.2. The van der Waals surface area contributed by atoms with Gasteiger partial charge in [0.1, 0.15) is 10.9 Å². The Morgan fingerprint density at radius 3 is 2.19 bits per heavy atom. The molecule has 2 aromatic carbocycles. The molecular weight excluding hydrogens is 436 g/mol. The van der Waals surface area contributed by atoms with Crippen molar-refractivity contribution in [3.05, 3.63) is 64.7 Å². The van der Waals surface area contributed by atoms with Crippen LogP contribution in [0, 0.1) is 0 Å². The van der Waals surface area contributed by atoms with Crippen molar-refractivity contribution in [1.82, 2.24) is 5.32 Å². The fourth-order valence-corrected chi connectivity index (χ4v) is 6.47. The minimum absolute atomic E-state index is 0.0517. The van der Waals surface area contributed by atoms with Gasteiger partial charge in [-0.1, -0.05) is 42.8 Å². The van der Waals surface area contributed by atoms with E-state index in [4.69, 9.17) is 22.1 Å². The number of hydrogen-bond acceptors (Lipinski definition) is 5. The molecule has 1 fully saturated rings. The molecule has 0 unspecified atom stereocenters. The molecule has 0 bridgehead atoms. The average molecular weight is 465 g/mol. The van der Waals surface area contributed by atoms with E-state index in [2.05, 4.69) is 5.32 Å². The van der Waals surface area contributed by atoms with Gasteiger partial charge in [0.05, 0.1) is 10.4 Å². The number of ether oxygens (including phenoxy) is 1. The Labute approximate surface area is 189 Å². The quantitative estimate of drug-likeness (QED) is 0.671. The van der Waals surface area contributed by atoms with Gasteiger partial charge in [0.2, 0.25) is 0 Å². The number of nitrogens with one attached hydrogen (secondary N) is 1. The predicted molar refractivity (Wildman–Crippen MR) is 122 cm³/mol. The minimum atomic E-state index is -3.81. The van der Waals surface area contributed by atoms with Gasteiger partial charge in [-0.05, 0) is 62.6 Å². The molecule has 8 heteroatoms. The monoisotopic (exact) mass is 464 g/mol. The third-order valence-corrected chi connectivity index (χ3v) is 8.09. The highest BCUT2D eigenvalue weighted by atomic mass is 35.5. The van der Waals surface area contributed by atoms with Gasteiger partial charge in [0, 0.05) is 17.5 Å². The van der Waals surface area contributed by atoms with E-state index in [1.165, 1.54) is 24.3 Å². The summed E-state index contributed by atoms with van der Waals surface area (Å²) in [5.41, 5.74) is 6.15. The number of hydrogen-bond donors (Lipinski definition) is 2. The normalized spacial score (nSPS) is 23.3. The van der Waals surface area contributed by atoms with Crippen molar-refractivity contribution in [1.29, 1.82) is 0 Å². The minimum Gasteiger partial charge on any atom is -0.444 e. The second-order valence-electron chi connectivity index (χ2n) is 8.86. The van der Waals surface area contributed by atoms with Crippen molar-refractivity contribution in [2.24, 2.45) is 5.73 Å². The topological polar surface area (TPSA) is 98.5 Å². The van der Waals surface area contributed by atoms with Gasteiger partial charge in [-0.2, -0.15) is 0 Å². The van der Waals surface area contributed by atoms with E-state index in [1.54, 1.807) is 20.8 Å². The highest BCUT2D eigenvalue weighted by molar-refractivity contribution is 7.92. The van der Waals surface area contributed by atoms with Gasteiger partial charge in [-0.15, -0.1) is 0 Å². The number of carbonyl (C=O) groups excluding carboxylic acids is 1. The van der Waals surface area contributed by atoms with Gasteiger partial charge < -0.3 is 15.8 Å². The number of sulfone groups is 1. The summed E-state index contributed by atoms with van der Waals surface area (Å²) < 4.78 is 32.5. The van der Waals surface area contributed by atoms with E-state index in [0.29, 0.717) is 5.02 Å². The van der Waals surface area contributed by atoms with E-state index in [1.807, 2.05) is 31.2 Å². The van der Waals surface area contributed by atoms with Crippen LogP contribution in [-0.2, 0) is 21.0 Å². The van der Waals surface area contributed by atoms with Crippen molar-refractivity contribution in [3.63, 3.8) is 0 Å².